The van der Waals surface area contributed by atoms with Crippen molar-refractivity contribution in [1.29, 1.82) is 5.26 Å². The van der Waals surface area contributed by atoms with Gasteiger partial charge in [0.2, 0.25) is 0 Å². The topological polar surface area (TPSA) is 105 Å². The average molecular weight is 317 g/mol. The molecular weight excluding hydrogens is 298 g/mol. The van der Waals surface area contributed by atoms with Crippen LogP contribution in [0.4, 0.5) is 5.69 Å². The Morgan fingerprint density at radius 1 is 1.52 bits per heavy atom. The Bertz CT molecular complexity index is 647. The number of nitro groups is 1. The summed E-state index contributed by atoms with van der Waals surface area (Å²) in [4.78, 5) is 22.3. The molecule has 0 heterocycles. The maximum Gasteiger partial charge on any atom is 0.272 e. The van der Waals surface area contributed by atoms with Gasteiger partial charge in [-0.05, 0) is 31.9 Å². The summed E-state index contributed by atoms with van der Waals surface area (Å²) in [6, 6.07) is 6.37. The van der Waals surface area contributed by atoms with E-state index in [9.17, 15) is 14.9 Å². The fraction of sp³-hybridized carbons (Fsp3) is 0.375. The highest BCUT2D eigenvalue weighted by Crippen LogP contribution is 2.20. The number of carbonyl (C=O) groups excluding carboxylic acids is 1. The maximum absolute atomic E-state index is 11.9. The van der Waals surface area contributed by atoms with Gasteiger partial charge in [-0.25, -0.2) is 0 Å². The van der Waals surface area contributed by atoms with E-state index in [0.29, 0.717) is 37.3 Å². The van der Waals surface area contributed by atoms with Crippen molar-refractivity contribution in [3.05, 3.63) is 45.0 Å². The van der Waals surface area contributed by atoms with Gasteiger partial charge in [-0.1, -0.05) is 12.1 Å². The molecule has 1 rings (SSSR count). The number of aryl methyl sites for hydroxylation is 1. The number of carbonyl (C=O) groups is 1. The maximum atomic E-state index is 11.9. The fourth-order valence-corrected chi connectivity index (χ4v) is 1.84. The van der Waals surface area contributed by atoms with Crippen molar-refractivity contribution in [2.24, 2.45) is 0 Å². The predicted molar refractivity (Wildman–Crippen MR) is 85.5 cm³/mol. The molecule has 0 saturated carbocycles. The SMILES string of the molecule is CCOCCCNC(=O)/C(C#N)=C/c1ccc(C)c([N+](=O)[O-])c1. The van der Waals surface area contributed by atoms with Crippen molar-refractivity contribution in [2.75, 3.05) is 19.8 Å². The van der Waals surface area contributed by atoms with E-state index in [1.807, 2.05) is 13.0 Å². The van der Waals surface area contributed by atoms with Crippen molar-refractivity contribution in [1.82, 2.24) is 5.32 Å². The average Bonchev–Trinajstić information content (AvgIpc) is 2.53. The van der Waals surface area contributed by atoms with Crippen LogP contribution in [-0.2, 0) is 9.53 Å². The lowest BCUT2D eigenvalue weighted by Crippen LogP contribution is -2.26. The van der Waals surface area contributed by atoms with Gasteiger partial charge in [0.25, 0.3) is 11.6 Å². The van der Waals surface area contributed by atoms with Crippen LogP contribution in [0.1, 0.15) is 24.5 Å². The van der Waals surface area contributed by atoms with Crippen LogP contribution in [0.15, 0.2) is 23.8 Å². The van der Waals surface area contributed by atoms with Crippen molar-refractivity contribution in [3.63, 3.8) is 0 Å². The largest absolute Gasteiger partial charge is 0.382 e. The number of hydrogen-bond acceptors (Lipinski definition) is 5. The molecule has 0 bridgehead atoms. The number of hydrogen-bond donors (Lipinski definition) is 1. The summed E-state index contributed by atoms with van der Waals surface area (Å²) < 4.78 is 5.15. The lowest BCUT2D eigenvalue weighted by molar-refractivity contribution is -0.385. The van der Waals surface area contributed by atoms with Crippen LogP contribution in [0, 0.1) is 28.4 Å². The van der Waals surface area contributed by atoms with Gasteiger partial charge >= 0.3 is 0 Å². The van der Waals surface area contributed by atoms with Crippen LogP contribution in [-0.4, -0.2) is 30.6 Å². The first kappa shape index (κ1) is 18.3. The molecule has 0 unspecified atom stereocenters. The lowest BCUT2D eigenvalue weighted by atomic mass is 10.1. The van der Waals surface area contributed by atoms with Gasteiger partial charge in [-0.2, -0.15) is 5.26 Å². The number of benzene rings is 1. The molecule has 0 aliphatic carbocycles. The van der Waals surface area contributed by atoms with Gasteiger partial charge in [0, 0.05) is 31.4 Å². The number of nitrogens with one attached hydrogen (secondary N) is 1. The van der Waals surface area contributed by atoms with Gasteiger partial charge in [0.1, 0.15) is 11.6 Å². The number of nitriles is 1. The molecule has 1 N–H and O–H groups in total. The molecule has 0 atom stereocenters. The molecule has 122 valence electrons. The fourth-order valence-electron chi connectivity index (χ4n) is 1.84. The Labute approximate surface area is 134 Å². The molecule has 1 amide bonds. The quantitative estimate of drug-likeness (QED) is 0.260. The molecule has 0 spiro atoms. The highest BCUT2D eigenvalue weighted by Gasteiger charge is 2.12. The number of rotatable bonds is 8. The molecule has 0 fully saturated rings. The third-order valence-corrected chi connectivity index (χ3v) is 3.06. The second-order valence-corrected chi connectivity index (χ2v) is 4.78. The van der Waals surface area contributed by atoms with Crippen LogP contribution in [0.5, 0.6) is 0 Å². The van der Waals surface area contributed by atoms with Gasteiger partial charge < -0.3 is 10.1 Å². The summed E-state index contributed by atoms with van der Waals surface area (Å²) in [5.41, 5.74) is 0.807. The van der Waals surface area contributed by atoms with Crippen LogP contribution in [0.3, 0.4) is 0 Å². The molecule has 23 heavy (non-hydrogen) atoms. The van der Waals surface area contributed by atoms with E-state index in [4.69, 9.17) is 10.00 Å². The van der Waals surface area contributed by atoms with Crippen molar-refractivity contribution in [3.8, 4) is 6.07 Å². The first-order valence-corrected chi connectivity index (χ1v) is 7.22. The van der Waals surface area contributed by atoms with E-state index in [2.05, 4.69) is 5.32 Å². The minimum atomic E-state index is -0.507. The first-order chi connectivity index (χ1) is 11.0. The molecule has 7 nitrogen and oxygen atoms in total. The molecule has 0 aromatic heterocycles. The highest BCUT2D eigenvalue weighted by molar-refractivity contribution is 6.01. The number of ether oxygens (including phenoxy) is 1. The smallest absolute Gasteiger partial charge is 0.272 e. The zero-order valence-corrected chi connectivity index (χ0v) is 13.2. The standard InChI is InChI=1S/C16H19N3O4/c1-3-23-8-4-7-18-16(20)14(11-17)9-13-6-5-12(2)15(10-13)19(21)22/h5-6,9-10H,3-4,7-8H2,1-2H3,(H,18,20)/b14-9+. The van der Waals surface area contributed by atoms with Gasteiger partial charge in [0.15, 0.2) is 0 Å². The first-order valence-electron chi connectivity index (χ1n) is 7.22. The second-order valence-electron chi connectivity index (χ2n) is 4.78. The van der Waals surface area contributed by atoms with E-state index < -0.39 is 10.8 Å². The molecule has 1 aromatic rings. The highest BCUT2D eigenvalue weighted by atomic mass is 16.6. The van der Waals surface area contributed by atoms with Crippen molar-refractivity contribution in [2.45, 2.75) is 20.3 Å². The van der Waals surface area contributed by atoms with E-state index >= 15 is 0 Å². The van der Waals surface area contributed by atoms with Crippen LogP contribution < -0.4 is 5.32 Å². The Kier molecular flexibility index (Phi) is 7.43. The van der Waals surface area contributed by atoms with E-state index in [0.717, 1.165) is 0 Å². The third kappa shape index (κ3) is 5.88. The summed E-state index contributed by atoms with van der Waals surface area (Å²) in [7, 11) is 0. The molecule has 0 aliphatic rings. The summed E-state index contributed by atoms with van der Waals surface area (Å²) >= 11 is 0. The zero-order valence-electron chi connectivity index (χ0n) is 13.2. The Balaban J connectivity index is 2.79. The second kappa shape index (κ2) is 9.33. The number of nitrogens with zero attached hydrogens (tertiary/aromatic N) is 2. The predicted octanol–water partition coefficient (Wildman–Crippen LogP) is 2.35. The number of amides is 1. The van der Waals surface area contributed by atoms with E-state index in [1.54, 1.807) is 19.1 Å². The molecular formula is C16H19N3O4. The van der Waals surface area contributed by atoms with Gasteiger partial charge in [-0.3, -0.25) is 14.9 Å². The number of nitro benzene ring substituents is 1. The summed E-state index contributed by atoms with van der Waals surface area (Å²) in [6.07, 6.45) is 1.98. The summed E-state index contributed by atoms with van der Waals surface area (Å²) in [5, 5.41) is 22.6. The zero-order chi connectivity index (χ0) is 17.2. The van der Waals surface area contributed by atoms with Gasteiger partial charge in [0.05, 0.1) is 4.92 Å². The molecule has 0 radical (unpaired) electrons. The molecule has 0 aliphatic heterocycles. The van der Waals surface area contributed by atoms with Crippen molar-refractivity contribution < 1.29 is 14.5 Å². The lowest BCUT2D eigenvalue weighted by Gasteiger charge is -2.05. The molecule has 1 aromatic carbocycles. The summed E-state index contributed by atoms with van der Waals surface area (Å²) in [6.45, 7) is 5.06. The Morgan fingerprint density at radius 2 is 2.26 bits per heavy atom. The van der Waals surface area contributed by atoms with Crippen LogP contribution in [0.25, 0.3) is 6.08 Å². The van der Waals surface area contributed by atoms with Crippen LogP contribution >= 0.6 is 0 Å². The minimum absolute atomic E-state index is 0.0480. The third-order valence-electron chi connectivity index (χ3n) is 3.06. The molecule has 7 heteroatoms. The van der Waals surface area contributed by atoms with Crippen molar-refractivity contribution >= 4 is 17.7 Å². The monoisotopic (exact) mass is 317 g/mol. The van der Waals surface area contributed by atoms with E-state index in [1.165, 1.54) is 12.1 Å². The van der Waals surface area contributed by atoms with E-state index in [-0.39, 0.29) is 11.3 Å². The summed E-state index contributed by atoms with van der Waals surface area (Å²) in [5.74, 6) is -0.507. The van der Waals surface area contributed by atoms with Crippen LogP contribution in [0.2, 0.25) is 0 Å². The Hall–Kier alpha value is -2.72. The molecule has 0 saturated heterocycles. The Morgan fingerprint density at radius 3 is 2.87 bits per heavy atom. The van der Waals surface area contributed by atoms with Gasteiger partial charge in [-0.15, -0.1) is 0 Å². The normalized spacial score (nSPS) is 10.9. The minimum Gasteiger partial charge on any atom is -0.382 e.